The predicted molar refractivity (Wildman–Crippen MR) is 138 cm³/mol. The number of hydrogen-bond donors (Lipinski definition) is 1. The van der Waals surface area contributed by atoms with E-state index in [0.29, 0.717) is 15.7 Å². The third-order valence-electron chi connectivity index (χ3n) is 5.75. The Morgan fingerprint density at radius 1 is 1.09 bits per heavy atom. The van der Waals surface area contributed by atoms with Crippen LogP contribution in [0, 0.1) is 13.8 Å². The number of rotatable bonds is 10. The topological polar surface area (TPSA) is 86.8 Å². The third kappa shape index (κ3) is 7.10. The maximum atomic E-state index is 13.2. The molecule has 0 aliphatic carbocycles. The SMILES string of the molecule is CNC(=O)C(C)N(Cc1ccc(Cl)c(Cl)c1)C(=O)CCCN(c1cccc(C)c1C)S(C)(=O)=O. The van der Waals surface area contributed by atoms with Crippen LogP contribution in [-0.4, -0.2) is 51.0 Å². The molecule has 0 saturated carbocycles. The molecule has 0 bridgehead atoms. The molecule has 0 radical (unpaired) electrons. The van der Waals surface area contributed by atoms with Gasteiger partial charge in [-0.1, -0.05) is 41.4 Å². The molecule has 0 saturated heterocycles. The molecule has 2 aromatic rings. The van der Waals surface area contributed by atoms with E-state index in [1.54, 1.807) is 31.2 Å². The Balaban J connectivity index is 2.20. The molecule has 0 spiro atoms. The first-order valence-corrected chi connectivity index (χ1v) is 13.5. The summed E-state index contributed by atoms with van der Waals surface area (Å²) < 4.78 is 26.3. The Labute approximate surface area is 212 Å². The summed E-state index contributed by atoms with van der Waals surface area (Å²) in [5.74, 6) is -0.571. The molecule has 186 valence electrons. The van der Waals surface area contributed by atoms with Crippen LogP contribution in [0.2, 0.25) is 10.0 Å². The molecule has 1 N–H and O–H groups in total. The number of nitrogens with one attached hydrogen (secondary N) is 1. The van der Waals surface area contributed by atoms with Crippen LogP contribution >= 0.6 is 23.2 Å². The summed E-state index contributed by atoms with van der Waals surface area (Å²) in [7, 11) is -2.04. The molecule has 10 heteroatoms. The molecule has 7 nitrogen and oxygen atoms in total. The highest BCUT2D eigenvalue weighted by molar-refractivity contribution is 7.92. The number of hydrogen-bond acceptors (Lipinski definition) is 4. The predicted octanol–water partition coefficient (Wildman–Crippen LogP) is 4.32. The van der Waals surface area contributed by atoms with E-state index in [1.807, 2.05) is 26.0 Å². The molecular weight excluding hydrogens is 497 g/mol. The largest absolute Gasteiger partial charge is 0.357 e. The molecule has 1 atom stereocenters. The van der Waals surface area contributed by atoms with Gasteiger partial charge in [0, 0.05) is 26.6 Å². The normalized spacial score (nSPS) is 12.2. The zero-order valence-electron chi connectivity index (χ0n) is 20.1. The maximum Gasteiger partial charge on any atom is 0.242 e. The number of carbonyl (C=O) groups is 2. The zero-order chi connectivity index (χ0) is 25.6. The van der Waals surface area contributed by atoms with Crippen LogP contribution in [0.3, 0.4) is 0 Å². The molecule has 0 fully saturated rings. The van der Waals surface area contributed by atoms with Crippen molar-refractivity contribution in [1.29, 1.82) is 0 Å². The summed E-state index contributed by atoms with van der Waals surface area (Å²) in [6.07, 6.45) is 1.51. The lowest BCUT2D eigenvalue weighted by atomic mass is 10.1. The standard InChI is InChI=1S/C24H31Cl2N3O4S/c1-16-8-6-9-22(17(16)2)29(34(5,32)33)13-7-10-23(30)28(18(3)24(31)27-4)15-19-11-12-20(25)21(26)14-19/h6,8-9,11-12,14,18H,7,10,13,15H2,1-5H3,(H,27,31). The maximum absolute atomic E-state index is 13.2. The monoisotopic (exact) mass is 527 g/mol. The Bertz CT molecular complexity index is 1150. The second-order valence-electron chi connectivity index (χ2n) is 8.22. The Morgan fingerprint density at radius 3 is 2.35 bits per heavy atom. The van der Waals surface area contributed by atoms with Gasteiger partial charge in [-0.2, -0.15) is 0 Å². The lowest BCUT2D eigenvalue weighted by molar-refractivity contribution is -0.140. The van der Waals surface area contributed by atoms with Gasteiger partial charge in [0.15, 0.2) is 0 Å². The Kier molecular flexibility index (Phi) is 9.79. The zero-order valence-corrected chi connectivity index (χ0v) is 22.4. The number of benzene rings is 2. The Hall–Kier alpha value is -2.29. The highest BCUT2D eigenvalue weighted by Crippen LogP contribution is 2.26. The fraction of sp³-hybridized carbons (Fsp3) is 0.417. The van der Waals surface area contributed by atoms with E-state index in [9.17, 15) is 18.0 Å². The Morgan fingerprint density at radius 2 is 1.76 bits per heavy atom. The number of carbonyl (C=O) groups excluding carboxylic acids is 2. The summed E-state index contributed by atoms with van der Waals surface area (Å²) in [5, 5.41) is 3.32. The minimum atomic E-state index is -3.55. The van der Waals surface area contributed by atoms with E-state index in [4.69, 9.17) is 23.2 Å². The average molecular weight is 529 g/mol. The van der Waals surface area contributed by atoms with E-state index >= 15 is 0 Å². The van der Waals surface area contributed by atoms with Crippen LogP contribution < -0.4 is 9.62 Å². The van der Waals surface area contributed by atoms with Gasteiger partial charge in [-0.25, -0.2) is 8.42 Å². The van der Waals surface area contributed by atoms with Crippen molar-refractivity contribution >= 4 is 50.7 Å². The van der Waals surface area contributed by atoms with Crippen molar-refractivity contribution in [1.82, 2.24) is 10.2 Å². The van der Waals surface area contributed by atoms with Crippen molar-refractivity contribution in [3.63, 3.8) is 0 Å². The molecule has 1 unspecified atom stereocenters. The van der Waals surface area contributed by atoms with E-state index in [2.05, 4.69) is 5.32 Å². The number of amides is 2. The van der Waals surface area contributed by atoms with Crippen molar-refractivity contribution in [2.45, 2.75) is 46.2 Å². The van der Waals surface area contributed by atoms with E-state index in [0.717, 1.165) is 22.9 Å². The van der Waals surface area contributed by atoms with Crippen molar-refractivity contribution in [2.75, 3.05) is 24.2 Å². The smallest absolute Gasteiger partial charge is 0.242 e. The van der Waals surface area contributed by atoms with Crippen LogP contribution in [-0.2, 0) is 26.2 Å². The molecular formula is C24H31Cl2N3O4S. The number of nitrogens with zero attached hydrogens (tertiary/aromatic N) is 2. The van der Waals surface area contributed by atoms with Crippen molar-refractivity contribution in [3.05, 3.63) is 63.1 Å². The van der Waals surface area contributed by atoms with E-state index < -0.39 is 16.1 Å². The van der Waals surface area contributed by atoms with Crippen molar-refractivity contribution in [2.24, 2.45) is 0 Å². The number of likely N-dealkylation sites (N-methyl/N-ethyl adjacent to an activating group) is 1. The fourth-order valence-corrected chi connectivity index (χ4v) is 4.95. The van der Waals surface area contributed by atoms with Gasteiger partial charge in [-0.05, 0) is 62.1 Å². The van der Waals surface area contributed by atoms with E-state index in [-0.39, 0.29) is 37.7 Å². The van der Waals surface area contributed by atoms with Gasteiger partial charge in [0.2, 0.25) is 21.8 Å². The number of sulfonamides is 1. The molecule has 2 aromatic carbocycles. The van der Waals surface area contributed by atoms with Gasteiger partial charge >= 0.3 is 0 Å². The lowest BCUT2D eigenvalue weighted by Crippen LogP contribution is -2.46. The van der Waals surface area contributed by atoms with Crippen LogP contribution in [0.25, 0.3) is 0 Å². The van der Waals surface area contributed by atoms with Gasteiger partial charge in [-0.15, -0.1) is 0 Å². The summed E-state index contributed by atoms with van der Waals surface area (Å²) >= 11 is 12.1. The lowest BCUT2D eigenvalue weighted by Gasteiger charge is -2.29. The first-order chi connectivity index (χ1) is 15.9. The number of aryl methyl sites for hydroxylation is 1. The van der Waals surface area contributed by atoms with Gasteiger partial charge in [0.1, 0.15) is 6.04 Å². The second-order valence-corrected chi connectivity index (χ2v) is 10.9. The van der Waals surface area contributed by atoms with Gasteiger partial charge < -0.3 is 10.2 Å². The average Bonchev–Trinajstić information content (AvgIpc) is 2.77. The first-order valence-electron chi connectivity index (χ1n) is 10.9. The van der Waals surface area contributed by atoms with Gasteiger partial charge in [0.05, 0.1) is 22.0 Å². The van der Waals surface area contributed by atoms with Crippen LogP contribution in [0.1, 0.15) is 36.5 Å². The third-order valence-corrected chi connectivity index (χ3v) is 7.67. The molecule has 0 aliphatic heterocycles. The minimum Gasteiger partial charge on any atom is -0.357 e. The first kappa shape index (κ1) is 28.0. The van der Waals surface area contributed by atoms with Crippen LogP contribution in [0.4, 0.5) is 5.69 Å². The minimum absolute atomic E-state index is 0.0690. The van der Waals surface area contributed by atoms with Crippen molar-refractivity contribution in [3.8, 4) is 0 Å². The molecule has 0 aromatic heterocycles. The highest BCUT2D eigenvalue weighted by Gasteiger charge is 2.26. The highest BCUT2D eigenvalue weighted by atomic mass is 35.5. The van der Waals surface area contributed by atoms with Gasteiger partial charge in [0.25, 0.3) is 0 Å². The summed E-state index contributed by atoms with van der Waals surface area (Å²) in [4.78, 5) is 26.9. The number of anilines is 1. The molecule has 0 heterocycles. The second kappa shape index (κ2) is 11.9. The van der Waals surface area contributed by atoms with Gasteiger partial charge in [-0.3, -0.25) is 13.9 Å². The van der Waals surface area contributed by atoms with Crippen LogP contribution in [0.5, 0.6) is 0 Å². The molecule has 0 aliphatic rings. The molecule has 2 rings (SSSR count). The van der Waals surface area contributed by atoms with E-state index in [1.165, 1.54) is 16.3 Å². The summed E-state index contributed by atoms with van der Waals surface area (Å²) in [6.45, 7) is 5.75. The quantitative estimate of drug-likeness (QED) is 0.498. The van der Waals surface area contributed by atoms with Crippen LogP contribution in [0.15, 0.2) is 36.4 Å². The molecule has 34 heavy (non-hydrogen) atoms. The van der Waals surface area contributed by atoms with Crippen molar-refractivity contribution < 1.29 is 18.0 Å². The number of halogens is 2. The molecule has 2 amide bonds. The summed E-state index contributed by atoms with van der Waals surface area (Å²) in [6, 6.07) is 9.81. The summed E-state index contributed by atoms with van der Waals surface area (Å²) in [5.41, 5.74) is 3.18. The fourth-order valence-electron chi connectivity index (χ4n) is 3.61.